The smallest absolute Gasteiger partial charge is 0.333 e. The van der Waals surface area contributed by atoms with Crippen molar-refractivity contribution >= 4 is 24.1 Å². The van der Waals surface area contributed by atoms with Gasteiger partial charge in [0.15, 0.2) is 0 Å². The Hall–Kier alpha value is -1.94. The second-order valence-corrected chi connectivity index (χ2v) is 4.32. The van der Waals surface area contributed by atoms with Crippen LogP contribution in [0.5, 0.6) is 5.75 Å². The maximum absolute atomic E-state index is 11.0. The lowest BCUT2D eigenvalue weighted by Crippen LogP contribution is -2.24. The Labute approximate surface area is 117 Å². The molecule has 0 spiro atoms. The Morgan fingerprint density at radius 1 is 1.32 bits per heavy atom. The molecule has 2 heterocycles. The van der Waals surface area contributed by atoms with Crippen molar-refractivity contribution in [2.45, 2.75) is 6.42 Å². The zero-order valence-corrected chi connectivity index (χ0v) is 11.0. The number of carboxylic acids is 1. The summed E-state index contributed by atoms with van der Waals surface area (Å²) in [7, 11) is 0. The summed E-state index contributed by atoms with van der Waals surface area (Å²) < 4.78 is 5.68. The molecule has 0 fully saturated rings. The molecule has 19 heavy (non-hydrogen) atoms. The summed E-state index contributed by atoms with van der Waals surface area (Å²) in [6, 6.07) is 7.81. The van der Waals surface area contributed by atoms with E-state index in [9.17, 15) is 4.79 Å². The standard InChI is InChI=1S/C14H13NO3.ClH/c16-14(17)10-7-9-5-6-18-12-4-2-1-3-11(12)13(9)15-8-10;/h1-4,7,15H,5-6,8H2,(H,16,17);1H. The highest BCUT2D eigenvalue weighted by Gasteiger charge is 2.22. The van der Waals surface area contributed by atoms with Gasteiger partial charge in [0.05, 0.1) is 12.2 Å². The number of dihydropyridines is 1. The monoisotopic (exact) mass is 279 g/mol. The van der Waals surface area contributed by atoms with E-state index in [2.05, 4.69) is 5.32 Å². The van der Waals surface area contributed by atoms with Crippen LogP contribution < -0.4 is 10.1 Å². The summed E-state index contributed by atoms with van der Waals surface area (Å²) >= 11 is 0. The van der Waals surface area contributed by atoms with Gasteiger partial charge in [-0.15, -0.1) is 12.4 Å². The molecule has 100 valence electrons. The Balaban J connectivity index is 0.00000133. The van der Waals surface area contributed by atoms with Crippen molar-refractivity contribution in [3.8, 4) is 5.75 Å². The maximum Gasteiger partial charge on any atom is 0.333 e. The van der Waals surface area contributed by atoms with Crippen LogP contribution in [-0.2, 0) is 4.79 Å². The molecule has 0 amide bonds. The number of aliphatic carboxylic acids is 1. The first-order valence-electron chi connectivity index (χ1n) is 5.89. The fourth-order valence-corrected chi connectivity index (χ4v) is 2.30. The van der Waals surface area contributed by atoms with E-state index in [0.29, 0.717) is 25.1 Å². The highest BCUT2D eigenvalue weighted by atomic mass is 35.5. The van der Waals surface area contributed by atoms with Gasteiger partial charge in [0.1, 0.15) is 5.75 Å². The molecule has 2 N–H and O–H groups in total. The van der Waals surface area contributed by atoms with Crippen molar-refractivity contribution in [2.75, 3.05) is 13.2 Å². The number of halogens is 1. The van der Waals surface area contributed by atoms with Gasteiger partial charge in [-0.25, -0.2) is 4.79 Å². The number of allylic oxidation sites excluding steroid dienone is 1. The molecule has 2 aliphatic rings. The van der Waals surface area contributed by atoms with Gasteiger partial charge in [0.25, 0.3) is 0 Å². The van der Waals surface area contributed by atoms with Crippen molar-refractivity contribution in [3.05, 3.63) is 47.1 Å². The topological polar surface area (TPSA) is 58.6 Å². The SMILES string of the molecule is Cl.O=C(O)C1=CC2=C(NC1)c1ccccc1OCC2. The molecule has 1 aromatic carbocycles. The molecular formula is C14H14ClNO3. The summed E-state index contributed by atoms with van der Waals surface area (Å²) in [5.74, 6) is -0.0188. The molecule has 2 aliphatic heterocycles. The summed E-state index contributed by atoms with van der Waals surface area (Å²) in [4.78, 5) is 11.0. The van der Waals surface area contributed by atoms with E-state index in [1.807, 2.05) is 24.3 Å². The summed E-state index contributed by atoms with van der Waals surface area (Å²) in [6.45, 7) is 0.920. The molecule has 0 atom stereocenters. The van der Waals surface area contributed by atoms with E-state index in [1.54, 1.807) is 6.08 Å². The van der Waals surface area contributed by atoms with Crippen LogP contribution in [0.15, 0.2) is 41.5 Å². The quantitative estimate of drug-likeness (QED) is 0.828. The number of carbonyl (C=O) groups is 1. The third-order valence-corrected chi connectivity index (χ3v) is 3.19. The van der Waals surface area contributed by atoms with Crippen LogP contribution in [0.25, 0.3) is 5.70 Å². The number of benzene rings is 1. The number of para-hydroxylation sites is 1. The van der Waals surface area contributed by atoms with Crippen LogP contribution in [0.1, 0.15) is 12.0 Å². The molecule has 3 rings (SSSR count). The number of ether oxygens (including phenoxy) is 1. The zero-order chi connectivity index (χ0) is 12.5. The molecule has 4 nitrogen and oxygen atoms in total. The van der Waals surface area contributed by atoms with Gasteiger partial charge in [-0.1, -0.05) is 12.1 Å². The molecule has 0 unspecified atom stereocenters. The summed E-state index contributed by atoms with van der Waals surface area (Å²) in [5.41, 5.74) is 3.40. The molecule has 5 heteroatoms. The fraction of sp³-hybridized carbons (Fsp3) is 0.214. The number of hydrogen-bond donors (Lipinski definition) is 2. The lowest BCUT2D eigenvalue weighted by Gasteiger charge is -2.19. The van der Waals surface area contributed by atoms with E-state index in [-0.39, 0.29) is 12.4 Å². The molecule has 0 aliphatic carbocycles. The third-order valence-electron chi connectivity index (χ3n) is 3.19. The van der Waals surface area contributed by atoms with Crippen molar-refractivity contribution in [2.24, 2.45) is 0 Å². The maximum atomic E-state index is 11.0. The van der Waals surface area contributed by atoms with Crippen molar-refractivity contribution in [1.29, 1.82) is 0 Å². The van der Waals surface area contributed by atoms with Crippen molar-refractivity contribution < 1.29 is 14.6 Å². The summed E-state index contributed by atoms with van der Waals surface area (Å²) in [5, 5.41) is 12.2. The van der Waals surface area contributed by atoms with E-state index in [0.717, 1.165) is 22.6 Å². The molecule has 0 bridgehead atoms. The number of rotatable bonds is 1. The molecular weight excluding hydrogens is 266 g/mol. The molecule has 1 aromatic rings. The third kappa shape index (κ3) is 2.44. The van der Waals surface area contributed by atoms with Crippen LogP contribution in [0.3, 0.4) is 0 Å². The van der Waals surface area contributed by atoms with Gasteiger partial charge in [0.2, 0.25) is 0 Å². The van der Waals surface area contributed by atoms with Gasteiger partial charge in [-0.2, -0.15) is 0 Å². The van der Waals surface area contributed by atoms with Gasteiger partial charge >= 0.3 is 5.97 Å². The van der Waals surface area contributed by atoms with Gasteiger partial charge in [0, 0.05) is 24.2 Å². The Morgan fingerprint density at radius 2 is 2.11 bits per heavy atom. The van der Waals surface area contributed by atoms with E-state index in [1.165, 1.54) is 0 Å². The lowest BCUT2D eigenvalue weighted by atomic mass is 9.98. The lowest BCUT2D eigenvalue weighted by molar-refractivity contribution is -0.132. The van der Waals surface area contributed by atoms with Crippen LogP contribution in [0.2, 0.25) is 0 Å². The highest BCUT2D eigenvalue weighted by Crippen LogP contribution is 2.33. The van der Waals surface area contributed by atoms with E-state index < -0.39 is 5.97 Å². The Morgan fingerprint density at radius 3 is 2.89 bits per heavy atom. The van der Waals surface area contributed by atoms with Gasteiger partial charge < -0.3 is 15.2 Å². The molecule has 0 saturated heterocycles. The minimum Gasteiger partial charge on any atom is -0.493 e. The largest absolute Gasteiger partial charge is 0.493 e. The molecule has 0 saturated carbocycles. The normalized spacial score (nSPS) is 16.7. The first kappa shape index (κ1) is 13.5. The minimum atomic E-state index is -0.868. The van der Waals surface area contributed by atoms with Crippen LogP contribution >= 0.6 is 12.4 Å². The number of nitrogens with one attached hydrogen (secondary N) is 1. The Kier molecular flexibility index (Phi) is 3.81. The minimum absolute atomic E-state index is 0. The van der Waals surface area contributed by atoms with Gasteiger partial charge in [-0.05, 0) is 23.8 Å². The van der Waals surface area contributed by atoms with Crippen LogP contribution in [0.4, 0.5) is 0 Å². The first-order chi connectivity index (χ1) is 8.75. The predicted molar refractivity (Wildman–Crippen MR) is 74.4 cm³/mol. The highest BCUT2D eigenvalue weighted by molar-refractivity contribution is 5.90. The van der Waals surface area contributed by atoms with Crippen LogP contribution in [-0.4, -0.2) is 24.2 Å². The van der Waals surface area contributed by atoms with Crippen LogP contribution in [0, 0.1) is 0 Å². The van der Waals surface area contributed by atoms with E-state index >= 15 is 0 Å². The van der Waals surface area contributed by atoms with Gasteiger partial charge in [-0.3, -0.25) is 0 Å². The predicted octanol–water partition coefficient (Wildman–Crippen LogP) is 2.22. The molecule has 0 aromatic heterocycles. The average Bonchev–Trinajstić information content (AvgIpc) is 2.57. The first-order valence-corrected chi connectivity index (χ1v) is 5.89. The average molecular weight is 280 g/mol. The number of fused-ring (bicyclic) bond motifs is 2. The Bertz CT molecular complexity index is 578. The van der Waals surface area contributed by atoms with Crippen molar-refractivity contribution in [3.63, 3.8) is 0 Å². The van der Waals surface area contributed by atoms with Crippen molar-refractivity contribution in [1.82, 2.24) is 5.32 Å². The second-order valence-electron chi connectivity index (χ2n) is 4.32. The summed E-state index contributed by atoms with van der Waals surface area (Å²) in [6.07, 6.45) is 2.48. The molecule has 0 radical (unpaired) electrons. The van der Waals surface area contributed by atoms with E-state index in [4.69, 9.17) is 9.84 Å². The second kappa shape index (κ2) is 5.36. The zero-order valence-electron chi connectivity index (χ0n) is 10.2. The number of carboxylic acid groups (broad SMARTS) is 1. The number of hydrogen-bond acceptors (Lipinski definition) is 3. The fourth-order valence-electron chi connectivity index (χ4n) is 2.30.